The maximum atomic E-state index is 12.1. The summed E-state index contributed by atoms with van der Waals surface area (Å²) in [5, 5.41) is 3.24. The molecule has 0 aliphatic heterocycles. The third-order valence-electron chi connectivity index (χ3n) is 3.35. The lowest BCUT2D eigenvalue weighted by molar-refractivity contribution is 0.350. The standard InChI is InChI=1S/C14H25N3O2S/c1-5-14(3,4)11-17-20(18,19)13-8-7-12(10-16-13)9-15-6-2/h7-8,10,15,17H,5-6,9,11H2,1-4H3. The number of rotatable bonds is 8. The Balaban J connectivity index is 2.73. The first-order valence-corrected chi connectivity index (χ1v) is 8.44. The van der Waals surface area contributed by atoms with Gasteiger partial charge in [-0.3, -0.25) is 0 Å². The highest BCUT2D eigenvalue weighted by Crippen LogP contribution is 2.19. The highest BCUT2D eigenvalue weighted by molar-refractivity contribution is 7.89. The molecule has 0 bridgehead atoms. The molecule has 0 saturated carbocycles. The molecule has 0 saturated heterocycles. The minimum absolute atomic E-state index is 0.0575. The van der Waals surface area contributed by atoms with Crippen LogP contribution in [0, 0.1) is 5.41 Å². The number of nitrogens with zero attached hydrogens (tertiary/aromatic N) is 1. The summed E-state index contributed by atoms with van der Waals surface area (Å²) in [6.07, 6.45) is 2.51. The van der Waals surface area contributed by atoms with Gasteiger partial charge in [0.15, 0.2) is 5.03 Å². The van der Waals surface area contributed by atoms with Crippen molar-refractivity contribution in [2.45, 2.75) is 45.7 Å². The maximum Gasteiger partial charge on any atom is 0.258 e. The fourth-order valence-corrected chi connectivity index (χ4v) is 2.60. The van der Waals surface area contributed by atoms with Crippen LogP contribution in [0.1, 0.15) is 39.7 Å². The largest absolute Gasteiger partial charge is 0.313 e. The number of pyridine rings is 1. The van der Waals surface area contributed by atoms with Crippen LogP contribution in [-0.2, 0) is 16.6 Å². The third-order valence-corrected chi connectivity index (χ3v) is 4.67. The summed E-state index contributed by atoms with van der Waals surface area (Å²) >= 11 is 0. The molecule has 0 unspecified atom stereocenters. The lowest BCUT2D eigenvalue weighted by Gasteiger charge is -2.22. The smallest absolute Gasteiger partial charge is 0.258 e. The monoisotopic (exact) mass is 299 g/mol. The Morgan fingerprint density at radius 2 is 1.95 bits per heavy atom. The van der Waals surface area contributed by atoms with Crippen LogP contribution in [0.25, 0.3) is 0 Å². The van der Waals surface area contributed by atoms with Crippen LogP contribution in [0.4, 0.5) is 0 Å². The minimum atomic E-state index is -3.52. The van der Waals surface area contributed by atoms with Gasteiger partial charge < -0.3 is 5.32 Å². The highest BCUT2D eigenvalue weighted by atomic mass is 32.2. The minimum Gasteiger partial charge on any atom is -0.313 e. The van der Waals surface area contributed by atoms with E-state index in [9.17, 15) is 8.42 Å². The molecule has 20 heavy (non-hydrogen) atoms. The molecule has 0 atom stereocenters. The van der Waals surface area contributed by atoms with E-state index in [0.29, 0.717) is 13.1 Å². The molecule has 1 rings (SSSR count). The lowest BCUT2D eigenvalue weighted by Crippen LogP contribution is -2.34. The Bertz CT molecular complexity index is 510. The quantitative estimate of drug-likeness (QED) is 0.769. The Morgan fingerprint density at radius 3 is 2.45 bits per heavy atom. The van der Waals surface area contributed by atoms with Crippen molar-refractivity contribution >= 4 is 10.0 Å². The second kappa shape index (κ2) is 7.15. The fourth-order valence-electron chi connectivity index (χ4n) is 1.43. The zero-order valence-corrected chi connectivity index (χ0v) is 13.5. The van der Waals surface area contributed by atoms with E-state index in [2.05, 4.69) is 15.0 Å². The van der Waals surface area contributed by atoms with Gasteiger partial charge in [-0.05, 0) is 30.0 Å². The summed E-state index contributed by atoms with van der Waals surface area (Å²) in [7, 11) is -3.52. The summed E-state index contributed by atoms with van der Waals surface area (Å²) in [4.78, 5) is 4.04. The molecule has 0 radical (unpaired) electrons. The van der Waals surface area contributed by atoms with Gasteiger partial charge in [0.2, 0.25) is 0 Å². The van der Waals surface area contributed by atoms with E-state index < -0.39 is 10.0 Å². The summed E-state index contributed by atoms with van der Waals surface area (Å²) in [6.45, 7) is 10.1. The zero-order chi connectivity index (χ0) is 15.2. The van der Waals surface area contributed by atoms with Crippen molar-refractivity contribution in [3.8, 4) is 0 Å². The molecule has 2 N–H and O–H groups in total. The van der Waals surface area contributed by atoms with Gasteiger partial charge in [-0.15, -0.1) is 0 Å². The van der Waals surface area contributed by atoms with Gasteiger partial charge in [-0.1, -0.05) is 33.8 Å². The van der Waals surface area contributed by atoms with Crippen molar-refractivity contribution < 1.29 is 8.42 Å². The molecular weight excluding hydrogens is 274 g/mol. The molecule has 5 nitrogen and oxygen atoms in total. The van der Waals surface area contributed by atoms with Crippen LogP contribution in [0.15, 0.2) is 23.4 Å². The van der Waals surface area contributed by atoms with E-state index in [1.807, 2.05) is 27.7 Å². The van der Waals surface area contributed by atoms with Gasteiger partial charge in [0.25, 0.3) is 10.0 Å². The van der Waals surface area contributed by atoms with E-state index in [1.54, 1.807) is 18.3 Å². The number of nitrogens with one attached hydrogen (secondary N) is 2. The first-order chi connectivity index (χ1) is 9.30. The van der Waals surface area contributed by atoms with E-state index >= 15 is 0 Å². The average molecular weight is 299 g/mol. The van der Waals surface area contributed by atoms with E-state index in [-0.39, 0.29) is 10.4 Å². The topological polar surface area (TPSA) is 71.1 Å². The van der Waals surface area contributed by atoms with Crippen molar-refractivity contribution in [2.24, 2.45) is 5.41 Å². The van der Waals surface area contributed by atoms with Gasteiger partial charge in [-0.2, -0.15) is 0 Å². The summed E-state index contributed by atoms with van der Waals surface area (Å²) in [6, 6.07) is 3.34. The Hall–Kier alpha value is -0.980. The first-order valence-electron chi connectivity index (χ1n) is 6.96. The number of aromatic nitrogens is 1. The van der Waals surface area contributed by atoms with Gasteiger partial charge in [0.05, 0.1) is 0 Å². The van der Waals surface area contributed by atoms with Crippen LogP contribution >= 0.6 is 0 Å². The van der Waals surface area contributed by atoms with Gasteiger partial charge in [0, 0.05) is 19.3 Å². The molecule has 6 heteroatoms. The lowest BCUT2D eigenvalue weighted by atomic mass is 9.91. The van der Waals surface area contributed by atoms with Gasteiger partial charge >= 0.3 is 0 Å². The van der Waals surface area contributed by atoms with Gasteiger partial charge in [-0.25, -0.2) is 18.1 Å². The molecule has 0 fully saturated rings. The molecule has 1 aromatic rings. The van der Waals surface area contributed by atoms with Crippen LogP contribution in [0.5, 0.6) is 0 Å². The molecule has 1 heterocycles. The van der Waals surface area contributed by atoms with E-state index in [0.717, 1.165) is 18.5 Å². The summed E-state index contributed by atoms with van der Waals surface area (Å²) in [5.74, 6) is 0. The molecule has 0 spiro atoms. The average Bonchev–Trinajstić information content (AvgIpc) is 2.44. The summed E-state index contributed by atoms with van der Waals surface area (Å²) < 4.78 is 26.9. The van der Waals surface area contributed by atoms with Gasteiger partial charge in [0.1, 0.15) is 0 Å². The molecule has 0 amide bonds. The van der Waals surface area contributed by atoms with Crippen molar-refractivity contribution in [3.05, 3.63) is 23.9 Å². The fraction of sp³-hybridized carbons (Fsp3) is 0.643. The Labute approximate surface area is 122 Å². The normalized spacial score (nSPS) is 12.6. The Morgan fingerprint density at radius 1 is 1.25 bits per heavy atom. The number of hydrogen-bond acceptors (Lipinski definition) is 4. The van der Waals surface area contributed by atoms with Crippen molar-refractivity contribution in [1.82, 2.24) is 15.0 Å². The van der Waals surface area contributed by atoms with Crippen LogP contribution in [0.3, 0.4) is 0 Å². The van der Waals surface area contributed by atoms with Crippen molar-refractivity contribution in [3.63, 3.8) is 0 Å². The molecule has 0 aliphatic carbocycles. The number of sulfonamides is 1. The van der Waals surface area contributed by atoms with E-state index in [1.165, 1.54) is 0 Å². The first kappa shape index (κ1) is 17.1. The highest BCUT2D eigenvalue weighted by Gasteiger charge is 2.21. The molecule has 0 aliphatic rings. The second-order valence-electron chi connectivity index (χ2n) is 5.63. The molecular formula is C14H25N3O2S. The second-order valence-corrected chi connectivity index (χ2v) is 7.34. The van der Waals surface area contributed by atoms with Crippen LogP contribution in [-0.4, -0.2) is 26.5 Å². The zero-order valence-electron chi connectivity index (χ0n) is 12.7. The number of hydrogen-bond donors (Lipinski definition) is 2. The van der Waals surface area contributed by atoms with Crippen molar-refractivity contribution in [1.29, 1.82) is 0 Å². The summed E-state index contributed by atoms with van der Waals surface area (Å²) in [5.41, 5.74) is 0.914. The van der Waals surface area contributed by atoms with E-state index in [4.69, 9.17) is 0 Å². The van der Waals surface area contributed by atoms with Crippen LogP contribution < -0.4 is 10.0 Å². The maximum absolute atomic E-state index is 12.1. The van der Waals surface area contributed by atoms with Crippen molar-refractivity contribution in [2.75, 3.05) is 13.1 Å². The third kappa shape index (κ3) is 5.19. The SMILES string of the molecule is CCNCc1ccc(S(=O)(=O)NCC(C)(C)CC)nc1. The predicted molar refractivity (Wildman–Crippen MR) is 80.9 cm³/mol. The molecule has 0 aromatic carbocycles. The molecule has 114 valence electrons. The Kier molecular flexibility index (Phi) is 6.10. The van der Waals surface area contributed by atoms with Crippen LogP contribution in [0.2, 0.25) is 0 Å². The molecule has 1 aromatic heterocycles. The predicted octanol–water partition coefficient (Wildman–Crippen LogP) is 1.91.